The Labute approximate surface area is 178 Å². The molecule has 2 aromatic carbocycles. The van der Waals surface area contributed by atoms with Crippen LogP contribution in [-0.2, 0) is 9.59 Å². The molecule has 0 bridgehead atoms. The largest absolute Gasteiger partial charge is 0.494 e. The number of amides is 2. The Morgan fingerprint density at radius 2 is 1.70 bits per heavy atom. The summed E-state index contributed by atoms with van der Waals surface area (Å²) in [4.78, 5) is 27.2. The van der Waals surface area contributed by atoms with E-state index in [1.165, 1.54) is 10.5 Å². The minimum absolute atomic E-state index is 0.163. The molecular weight excluding hydrogens is 376 g/mol. The summed E-state index contributed by atoms with van der Waals surface area (Å²) < 4.78 is 5.63. The third-order valence-electron chi connectivity index (χ3n) is 4.94. The van der Waals surface area contributed by atoms with Gasteiger partial charge in [-0.25, -0.2) is 0 Å². The normalized spacial score (nSPS) is 13.9. The number of hydrogen-bond donors (Lipinski definition) is 1. The molecule has 0 fully saturated rings. The molecule has 0 radical (unpaired) electrons. The number of carbonyl (C=O) groups is 2. The second-order valence-corrected chi connectivity index (χ2v) is 7.53. The Bertz CT molecular complexity index is 957. The molecule has 1 aliphatic rings. The van der Waals surface area contributed by atoms with Crippen molar-refractivity contribution in [2.45, 2.75) is 33.1 Å². The highest BCUT2D eigenvalue weighted by molar-refractivity contribution is 6.36. The Morgan fingerprint density at radius 1 is 1.03 bits per heavy atom. The molecule has 1 N–H and O–H groups in total. The van der Waals surface area contributed by atoms with Crippen molar-refractivity contribution in [2.75, 3.05) is 18.5 Å². The van der Waals surface area contributed by atoms with Crippen molar-refractivity contribution >= 4 is 23.1 Å². The quantitative estimate of drug-likeness (QED) is 0.473. The number of imide groups is 1. The molecule has 0 saturated carbocycles. The minimum Gasteiger partial charge on any atom is -0.494 e. The average molecular weight is 405 g/mol. The molecular formula is C25H28N2O3. The zero-order chi connectivity index (χ0) is 21.7. The maximum Gasteiger partial charge on any atom is 0.278 e. The topological polar surface area (TPSA) is 58.6 Å². The molecule has 3 rings (SSSR count). The maximum absolute atomic E-state index is 13.0. The van der Waals surface area contributed by atoms with Crippen molar-refractivity contribution in [1.29, 1.82) is 0 Å². The first kappa shape index (κ1) is 21.4. The van der Waals surface area contributed by atoms with Crippen molar-refractivity contribution < 1.29 is 14.3 Å². The summed E-state index contributed by atoms with van der Waals surface area (Å²) in [6.07, 6.45) is 2.47. The van der Waals surface area contributed by atoms with E-state index in [9.17, 15) is 9.59 Å². The van der Waals surface area contributed by atoms with Gasteiger partial charge < -0.3 is 10.1 Å². The van der Waals surface area contributed by atoms with E-state index >= 15 is 0 Å². The number of carbonyl (C=O) groups excluding carboxylic acids is 2. The molecule has 0 aromatic heterocycles. The second-order valence-electron chi connectivity index (χ2n) is 7.53. The van der Waals surface area contributed by atoms with Crippen molar-refractivity contribution in [3.8, 4) is 5.75 Å². The van der Waals surface area contributed by atoms with Crippen LogP contribution in [0.15, 0.2) is 66.9 Å². The van der Waals surface area contributed by atoms with E-state index in [1.54, 1.807) is 6.08 Å². The van der Waals surface area contributed by atoms with Crippen LogP contribution in [0.2, 0.25) is 0 Å². The monoisotopic (exact) mass is 404 g/mol. The fourth-order valence-electron chi connectivity index (χ4n) is 3.29. The van der Waals surface area contributed by atoms with Gasteiger partial charge in [-0.2, -0.15) is 0 Å². The van der Waals surface area contributed by atoms with E-state index in [-0.39, 0.29) is 24.1 Å². The second kappa shape index (κ2) is 9.44. The molecule has 5 nitrogen and oxygen atoms in total. The minimum atomic E-state index is -0.353. The Morgan fingerprint density at radius 3 is 2.27 bits per heavy atom. The molecule has 0 saturated heterocycles. The van der Waals surface area contributed by atoms with E-state index in [0.717, 1.165) is 17.9 Å². The molecule has 0 spiro atoms. The van der Waals surface area contributed by atoms with Gasteiger partial charge in [0.1, 0.15) is 11.4 Å². The average Bonchev–Trinajstić information content (AvgIpc) is 2.97. The van der Waals surface area contributed by atoms with Gasteiger partial charge in [0, 0.05) is 12.2 Å². The highest BCUT2D eigenvalue weighted by Crippen LogP contribution is 2.31. The molecule has 0 aliphatic carbocycles. The summed E-state index contributed by atoms with van der Waals surface area (Å²) in [5, 5.41) is 3.18. The molecule has 0 atom stereocenters. The van der Waals surface area contributed by atoms with Crippen LogP contribution in [0.3, 0.4) is 0 Å². The van der Waals surface area contributed by atoms with Gasteiger partial charge >= 0.3 is 0 Å². The molecule has 30 heavy (non-hydrogen) atoms. The predicted molar refractivity (Wildman–Crippen MR) is 120 cm³/mol. The van der Waals surface area contributed by atoms with E-state index in [0.29, 0.717) is 23.7 Å². The van der Waals surface area contributed by atoms with E-state index in [2.05, 4.69) is 25.7 Å². The van der Waals surface area contributed by atoms with E-state index in [4.69, 9.17) is 4.74 Å². The van der Waals surface area contributed by atoms with Gasteiger partial charge in [0.05, 0.1) is 12.2 Å². The van der Waals surface area contributed by atoms with Gasteiger partial charge in [0.15, 0.2) is 0 Å². The lowest BCUT2D eigenvalue weighted by atomic mass is 10.0. The predicted octanol–water partition coefficient (Wildman–Crippen LogP) is 4.98. The number of benzene rings is 2. The standard InChI is InChI=1S/C25H28N2O3/c1-5-15-27-24(28)22(19-9-13-21(14-10-19)30-16-6-2)23(25(27)29)26-20-11-7-18(8-12-20)17(3)4/h5,7-14,17,26H,1,6,15-16H2,2-4H3. The number of ether oxygens (including phenoxy) is 1. The van der Waals surface area contributed by atoms with Crippen LogP contribution < -0.4 is 10.1 Å². The molecule has 2 amide bonds. The summed E-state index contributed by atoms with van der Waals surface area (Å²) in [7, 11) is 0. The van der Waals surface area contributed by atoms with Crippen molar-refractivity contribution in [3.05, 3.63) is 78.0 Å². The zero-order valence-electron chi connectivity index (χ0n) is 17.8. The number of nitrogens with zero attached hydrogens (tertiary/aromatic N) is 1. The van der Waals surface area contributed by atoms with Crippen molar-refractivity contribution in [1.82, 2.24) is 4.90 Å². The summed E-state index contributed by atoms with van der Waals surface area (Å²) in [5.41, 5.74) is 3.28. The molecule has 1 aliphatic heterocycles. The maximum atomic E-state index is 13.0. The lowest BCUT2D eigenvalue weighted by molar-refractivity contribution is -0.136. The Hall–Kier alpha value is -3.34. The van der Waals surface area contributed by atoms with E-state index in [1.807, 2.05) is 55.5 Å². The van der Waals surface area contributed by atoms with E-state index < -0.39 is 0 Å². The zero-order valence-corrected chi connectivity index (χ0v) is 17.8. The number of hydrogen-bond acceptors (Lipinski definition) is 4. The smallest absolute Gasteiger partial charge is 0.278 e. The fraction of sp³-hybridized carbons (Fsp3) is 0.280. The summed E-state index contributed by atoms with van der Waals surface area (Å²) in [5.74, 6) is 0.470. The SMILES string of the molecule is C=CCN1C(=O)C(Nc2ccc(C(C)C)cc2)=C(c2ccc(OCCC)cc2)C1=O. The number of rotatable bonds is 9. The van der Waals surface area contributed by atoms with Gasteiger partial charge in [0.2, 0.25) is 0 Å². The van der Waals surface area contributed by atoms with Crippen molar-refractivity contribution in [2.24, 2.45) is 0 Å². The van der Waals surface area contributed by atoms with Gasteiger partial charge in [0.25, 0.3) is 11.8 Å². The number of anilines is 1. The summed E-state index contributed by atoms with van der Waals surface area (Å²) >= 11 is 0. The van der Waals surface area contributed by atoms with Crippen molar-refractivity contribution in [3.63, 3.8) is 0 Å². The van der Waals surface area contributed by atoms with Gasteiger partial charge in [-0.1, -0.05) is 51.1 Å². The molecule has 1 heterocycles. The fourth-order valence-corrected chi connectivity index (χ4v) is 3.29. The highest BCUT2D eigenvalue weighted by Gasteiger charge is 2.38. The van der Waals surface area contributed by atoms with Gasteiger partial charge in [-0.15, -0.1) is 6.58 Å². The lowest BCUT2D eigenvalue weighted by Crippen LogP contribution is -2.32. The van der Waals surface area contributed by atoms with Crippen LogP contribution in [0.5, 0.6) is 5.75 Å². The Kier molecular flexibility index (Phi) is 6.72. The highest BCUT2D eigenvalue weighted by atomic mass is 16.5. The summed E-state index contributed by atoms with van der Waals surface area (Å²) in [6.45, 7) is 10.8. The third-order valence-corrected chi connectivity index (χ3v) is 4.94. The van der Waals surface area contributed by atoms with Crippen LogP contribution >= 0.6 is 0 Å². The Balaban J connectivity index is 1.96. The number of nitrogens with one attached hydrogen (secondary N) is 1. The molecule has 2 aromatic rings. The summed E-state index contributed by atoms with van der Waals surface area (Å²) in [6, 6.07) is 15.2. The molecule has 156 valence electrons. The van der Waals surface area contributed by atoms with Gasteiger partial charge in [-0.05, 0) is 47.7 Å². The van der Waals surface area contributed by atoms with Crippen LogP contribution in [0, 0.1) is 0 Å². The first-order valence-corrected chi connectivity index (χ1v) is 10.3. The first-order valence-electron chi connectivity index (χ1n) is 10.3. The third kappa shape index (κ3) is 4.46. The van der Waals surface area contributed by atoms with Crippen LogP contribution in [-0.4, -0.2) is 29.9 Å². The van der Waals surface area contributed by atoms with Crippen LogP contribution in [0.25, 0.3) is 5.57 Å². The molecule has 0 unspecified atom stereocenters. The van der Waals surface area contributed by atoms with Crippen LogP contribution in [0.4, 0.5) is 5.69 Å². The first-order chi connectivity index (χ1) is 14.5. The van der Waals surface area contributed by atoms with Crippen LogP contribution in [0.1, 0.15) is 44.2 Å². The molecule has 5 heteroatoms. The van der Waals surface area contributed by atoms with Gasteiger partial charge in [-0.3, -0.25) is 14.5 Å². The lowest BCUT2D eigenvalue weighted by Gasteiger charge is -2.13.